The van der Waals surface area contributed by atoms with Crippen LogP contribution in [0.3, 0.4) is 0 Å². The molecule has 1 aromatic rings. The molecule has 0 aliphatic heterocycles. The minimum Gasteiger partial charge on any atom is -0.494 e. The Morgan fingerprint density at radius 3 is 2.94 bits per heavy atom. The summed E-state index contributed by atoms with van der Waals surface area (Å²) >= 11 is 0. The van der Waals surface area contributed by atoms with Gasteiger partial charge in [-0.15, -0.1) is 0 Å². The first-order chi connectivity index (χ1) is 8.72. The average Bonchev–Trinajstić information content (AvgIpc) is 2.38. The maximum atomic E-state index is 5.71. The monoisotopic (exact) mass is 248 g/mol. The van der Waals surface area contributed by atoms with Gasteiger partial charge >= 0.3 is 0 Å². The van der Waals surface area contributed by atoms with E-state index in [2.05, 4.69) is 37.2 Å². The summed E-state index contributed by atoms with van der Waals surface area (Å²) in [5.74, 6) is 0.988. The van der Waals surface area contributed by atoms with Crippen molar-refractivity contribution in [3.8, 4) is 5.75 Å². The number of rotatable bonds is 5. The summed E-state index contributed by atoms with van der Waals surface area (Å²) in [6, 6.07) is 7.10. The first-order valence-corrected chi connectivity index (χ1v) is 6.84. The van der Waals surface area contributed by atoms with Crippen LogP contribution >= 0.6 is 0 Å². The molecule has 0 amide bonds. The molecule has 1 aromatic carbocycles. The van der Waals surface area contributed by atoms with Crippen molar-refractivity contribution < 1.29 is 4.74 Å². The van der Waals surface area contributed by atoms with E-state index in [1.165, 1.54) is 30.4 Å². The maximum Gasteiger partial charge on any atom is 0.119 e. The van der Waals surface area contributed by atoms with Crippen LogP contribution in [0.25, 0.3) is 0 Å². The number of hydrogen-bond acceptors (Lipinski definition) is 3. The molecule has 0 radical (unpaired) electrons. The molecule has 2 rings (SSSR count). The second-order valence-corrected chi connectivity index (χ2v) is 5.22. The number of aryl methyl sites for hydroxylation is 1. The van der Waals surface area contributed by atoms with Crippen molar-refractivity contribution in [1.82, 2.24) is 4.90 Å². The zero-order valence-corrected chi connectivity index (χ0v) is 11.5. The van der Waals surface area contributed by atoms with E-state index in [-0.39, 0.29) is 0 Å². The highest BCUT2D eigenvalue weighted by molar-refractivity contribution is 5.39. The fraction of sp³-hybridized carbons (Fsp3) is 0.600. The average molecular weight is 248 g/mol. The summed E-state index contributed by atoms with van der Waals surface area (Å²) < 4.78 is 5.71. The largest absolute Gasteiger partial charge is 0.494 e. The van der Waals surface area contributed by atoms with E-state index in [1.54, 1.807) is 0 Å². The van der Waals surface area contributed by atoms with Crippen molar-refractivity contribution >= 4 is 0 Å². The van der Waals surface area contributed by atoms with E-state index < -0.39 is 0 Å². The standard InChI is InChI=1S/C15H24N2O/c1-17(2)15-6-3-5-12-11-13(7-8-14(12)15)18-10-4-9-16/h7-8,11,15H,3-6,9-10,16H2,1-2H3. The van der Waals surface area contributed by atoms with Crippen molar-refractivity contribution in [1.29, 1.82) is 0 Å². The Bertz CT molecular complexity index is 390. The van der Waals surface area contributed by atoms with Gasteiger partial charge < -0.3 is 15.4 Å². The highest BCUT2D eigenvalue weighted by Crippen LogP contribution is 2.34. The van der Waals surface area contributed by atoms with Crippen LogP contribution in [0.5, 0.6) is 5.75 Å². The molecule has 0 heterocycles. The van der Waals surface area contributed by atoms with Crippen molar-refractivity contribution in [3.05, 3.63) is 29.3 Å². The van der Waals surface area contributed by atoms with Crippen LogP contribution in [0.1, 0.15) is 36.4 Å². The third-order valence-electron chi connectivity index (χ3n) is 3.64. The predicted molar refractivity (Wildman–Crippen MR) is 75.0 cm³/mol. The zero-order valence-electron chi connectivity index (χ0n) is 11.5. The predicted octanol–water partition coefficient (Wildman–Crippen LogP) is 2.35. The van der Waals surface area contributed by atoms with E-state index >= 15 is 0 Å². The highest BCUT2D eigenvalue weighted by Gasteiger charge is 2.21. The first-order valence-electron chi connectivity index (χ1n) is 6.84. The van der Waals surface area contributed by atoms with Gasteiger partial charge in [0.15, 0.2) is 0 Å². The Hall–Kier alpha value is -1.06. The highest BCUT2D eigenvalue weighted by atomic mass is 16.5. The minimum absolute atomic E-state index is 0.562. The van der Waals surface area contributed by atoms with Gasteiger partial charge in [0.2, 0.25) is 0 Å². The number of nitrogens with zero attached hydrogens (tertiary/aromatic N) is 1. The molecule has 0 bridgehead atoms. The Kier molecular flexibility index (Phi) is 4.61. The normalized spacial score (nSPS) is 18.8. The molecule has 100 valence electrons. The molecule has 1 aliphatic rings. The van der Waals surface area contributed by atoms with Gasteiger partial charge in [0.1, 0.15) is 5.75 Å². The summed E-state index contributed by atoms with van der Waals surface area (Å²) in [5, 5.41) is 0. The van der Waals surface area contributed by atoms with E-state index in [9.17, 15) is 0 Å². The van der Waals surface area contributed by atoms with Gasteiger partial charge in [-0.2, -0.15) is 0 Å². The van der Waals surface area contributed by atoms with E-state index in [0.29, 0.717) is 19.2 Å². The van der Waals surface area contributed by atoms with Crippen molar-refractivity contribution in [2.45, 2.75) is 31.7 Å². The Morgan fingerprint density at radius 2 is 2.22 bits per heavy atom. The molecular formula is C15H24N2O. The molecule has 3 heteroatoms. The van der Waals surface area contributed by atoms with Crippen LogP contribution in [-0.2, 0) is 6.42 Å². The first kappa shape index (κ1) is 13.4. The number of nitrogens with two attached hydrogens (primary N) is 1. The SMILES string of the molecule is CN(C)C1CCCc2cc(OCCCN)ccc21. The third-order valence-corrected chi connectivity index (χ3v) is 3.64. The number of fused-ring (bicyclic) bond motifs is 1. The maximum absolute atomic E-state index is 5.71. The van der Waals surface area contributed by atoms with Crippen LogP contribution in [0.15, 0.2) is 18.2 Å². The van der Waals surface area contributed by atoms with Gasteiger partial charge in [0.25, 0.3) is 0 Å². The summed E-state index contributed by atoms with van der Waals surface area (Å²) in [5.41, 5.74) is 8.39. The second kappa shape index (κ2) is 6.21. The summed E-state index contributed by atoms with van der Waals surface area (Å²) in [6.07, 6.45) is 4.61. The van der Waals surface area contributed by atoms with Gasteiger partial charge in [0, 0.05) is 6.04 Å². The minimum atomic E-state index is 0.562. The molecule has 3 nitrogen and oxygen atoms in total. The molecule has 0 aromatic heterocycles. The third kappa shape index (κ3) is 3.03. The van der Waals surface area contributed by atoms with Gasteiger partial charge in [-0.25, -0.2) is 0 Å². The lowest BCUT2D eigenvalue weighted by Crippen LogP contribution is -2.24. The summed E-state index contributed by atoms with van der Waals surface area (Å²) in [6.45, 7) is 1.40. The summed E-state index contributed by atoms with van der Waals surface area (Å²) in [7, 11) is 4.32. The van der Waals surface area contributed by atoms with E-state index in [1.807, 2.05) is 0 Å². The van der Waals surface area contributed by atoms with Gasteiger partial charge in [0.05, 0.1) is 6.61 Å². The fourth-order valence-corrected chi connectivity index (χ4v) is 2.66. The number of ether oxygens (including phenoxy) is 1. The topological polar surface area (TPSA) is 38.5 Å². The van der Waals surface area contributed by atoms with E-state index in [4.69, 9.17) is 10.5 Å². The fourth-order valence-electron chi connectivity index (χ4n) is 2.66. The lowest BCUT2D eigenvalue weighted by atomic mass is 9.87. The smallest absolute Gasteiger partial charge is 0.119 e. The lowest BCUT2D eigenvalue weighted by molar-refractivity contribution is 0.267. The van der Waals surface area contributed by atoms with E-state index in [0.717, 1.165) is 12.2 Å². The molecule has 0 spiro atoms. The lowest BCUT2D eigenvalue weighted by Gasteiger charge is -2.31. The molecule has 0 fully saturated rings. The van der Waals surface area contributed by atoms with Gasteiger partial charge in [-0.3, -0.25) is 0 Å². The van der Waals surface area contributed by atoms with Crippen LogP contribution in [0.2, 0.25) is 0 Å². The Balaban J connectivity index is 2.11. The molecule has 1 atom stereocenters. The van der Waals surface area contributed by atoms with Crippen molar-refractivity contribution in [2.24, 2.45) is 5.73 Å². The molecule has 1 unspecified atom stereocenters. The second-order valence-electron chi connectivity index (χ2n) is 5.22. The number of benzene rings is 1. The van der Waals surface area contributed by atoms with Gasteiger partial charge in [-0.05, 0) is 69.6 Å². The summed E-state index contributed by atoms with van der Waals surface area (Å²) in [4.78, 5) is 2.31. The van der Waals surface area contributed by atoms with Gasteiger partial charge in [-0.1, -0.05) is 6.07 Å². The molecule has 18 heavy (non-hydrogen) atoms. The van der Waals surface area contributed by atoms with Crippen molar-refractivity contribution in [3.63, 3.8) is 0 Å². The quantitative estimate of drug-likeness (QED) is 0.813. The molecule has 0 saturated carbocycles. The Morgan fingerprint density at radius 1 is 1.39 bits per heavy atom. The molecule has 2 N–H and O–H groups in total. The molecule has 0 saturated heterocycles. The zero-order chi connectivity index (χ0) is 13.0. The van der Waals surface area contributed by atoms with Crippen molar-refractivity contribution in [2.75, 3.05) is 27.2 Å². The Labute approximate surface area is 110 Å². The van der Waals surface area contributed by atoms with Crippen LogP contribution in [0.4, 0.5) is 0 Å². The van der Waals surface area contributed by atoms with Crippen LogP contribution < -0.4 is 10.5 Å². The molecule has 1 aliphatic carbocycles. The van der Waals surface area contributed by atoms with Crippen LogP contribution in [-0.4, -0.2) is 32.1 Å². The van der Waals surface area contributed by atoms with Crippen LogP contribution in [0, 0.1) is 0 Å². The molecular weight excluding hydrogens is 224 g/mol. The number of hydrogen-bond donors (Lipinski definition) is 1.